The molecule has 0 saturated heterocycles. The van der Waals surface area contributed by atoms with Gasteiger partial charge in [0.25, 0.3) is 0 Å². The third-order valence-corrected chi connectivity index (χ3v) is 5.95. The highest BCUT2D eigenvalue weighted by atomic mass is 32.2. The molecule has 0 radical (unpaired) electrons. The van der Waals surface area contributed by atoms with Crippen LogP contribution in [0.2, 0.25) is 0 Å². The lowest BCUT2D eigenvalue weighted by Crippen LogP contribution is -2.48. The van der Waals surface area contributed by atoms with Crippen molar-refractivity contribution in [3.8, 4) is 0 Å². The van der Waals surface area contributed by atoms with Crippen molar-refractivity contribution in [3.63, 3.8) is 0 Å². The second kappa shape index (κ2) is 15.4. The van der Waals surface area contributed by atoms with Crippen LogP contribution in [0.4, 0.5) is 5.69 Å². The number of quaternary nitrogens is 1. The smallest absolute Gasteiger partial charge is 0.229 e. The Labute approximate surface area is 196 Å². The molecule has 0 unspecified atom stereocenters. The van der Waals surface area contributed by atoms with Gasteiger partial charge in [-0.1, -0.05) is 44.4 Å². The van der Waals surface area contributed by atoms with E-state index in [1.54, 1.807) is 0 Å². The van der Waals surface area contributed by atoms with Crippen molar-refractivity contribution in [3.05, 3.63) is 42.0 Å². The molecule has 32 heavy (non-hydrogen) atoms. The van der Waals surface area contributed by atoms with Gasteiger partial charge in [0.05, 0.1) is 42.6 Å². The van der Waals surface area contributed by atoms with Crippen molar-refractivity contribution in [2.45, 2.75) is 59.3 Å². The van der Waals surface area contributed by atoms with Crippen molar-refractivity contribution in [1.82, 2.24) is 0 Å². The van der Waals surface area contributed by atoms with Gasteiger partial charge in [0.1, 0.15) is 0 Å². The fourth-order valence-electron chi connectivity index (χ4n) is 3.38. The monoisotopic (exact) mass is 490 g/mol. The zero-order valence-corrected chi connectivity index (χ0v) is 22.0. The molecule has 0 fully saturated rings. The molecule has 0 heterocycles. The minimum atomic E-state index is -3.92. The molecule has 186 valence electrons. The van der Waals surface area contributed by atoms with E-state index in [1.165, 1.54) is 68.0 Å². The van der Waals surface area contributed by atoms with Crippen molar-refractivity contribution in [2.75, 3.05) is 43.4 Å². The Hall–Kier alpha value is -1.42. The molecule has 0 aliphatic carbocycles. The molecule has 1 rings (SSSR count). The highest BCUT2D eigenvalue weighted by molar-refractivity contribution is 7.92. The Morgan fingerprint density at radius 2 is 1.41 bits per heavy atom. The van der Waals surface area contributed by atoms with Gasteiger partial charge in [0, 0.05) is 11.9 Å². The van der Waals surface area contributed by atoms with Gasteiger partial charge in [-0.15, -0.1) is 0 Å². The molecule has 1 aromatic rings. The largest absolute Gasteiger partial charge is 0.748 e. The summed E-state index contributed by atoms with van der Waals surface area (Å²) in [6, 6.07) is 7.60. The van der Waals surface area contributed by atoms with Crippen molar-refractivity contribution >= 4 is 25.8 Å². The van der Waals surface area contributed by atoms with E-state index in [9.17, 15) is 8.42 Å². The third kappa shape index (κ3) is 17.2. The third-order valence-electron chi connectivity index (χ3n) is 5.35. The van der Waals surface area contributed by atoms with Crippen LogP contribution in [0.25, 0.3) is 0 Å². The summed E-state index contributed by atoms with van der Waals surface area (Å²) in [5.41, 5.74) is 1.80. The molecule has 0 aliphatic heterocycles. The molecule has 1 aromatic carbocycles. The Balaban J connectivity index is 0.00000172. The Morgan fingerprint density at radius 3 is 1.88 bits per heavy atom. The lowest BCUT2D eigenvalue weighted by atomic mass is 10.1. The summed E-state index contributed by atoms with van der Waals surface area (Å²) < 4.78 is 53.4. The van der Waals surface area contributed by atoms with Gasteiger partial charge < -0.3 is 9.04 Å². The van der Waals surface area contributed by atoms with Crippen molar-refractivity contribution in [1.29, 1.82) is 0 Å². The Bertz CT molecular complexity index is 852. The lowest BCUT2D eigenvalue weighted by Gasteiger charge is -2.36. The fraction of sp³-hybridized carbons (Fsp3) is 0.652. The number of nitrogens with zero attached hydrogens (tertiary/aromatic N) is 1. The average Bonchev–Trinajstić information content (AvgIpc) is 2.68. The first-order valence-electron chi connectivity index (χ1n) is 11.3. The van der Waals surface area contributed by atoms with Gasteiger partial charge in [-0.2, -0.15) is 0 Å². The summed E-state index contributed by atoms with van der Waals surface area (Å²) in [7, 11) is -7.13. The highest BCUT2D eigenvalue weighted by Crippen LogP contribution is 2.14. The van der Waals surface area contributed by atoms with Gasteiger partial charge in [0.15, 0.2) is 0 Å². The normalized spacial score (nSPS) is 12.4. The standard InChI is InChI=1S/C22H39N2O2S.CH4O3S/c1-5-8-9-10-12-19-24(6-2,7-3)20-13-11-14-21-15-17-22(18-16-21)23-27(4,25)26;1-5(2,3)4/h11,13,15-18,23H,5-10,12,14,19-20H2,1-4H3;1H3,(H,2,3,4)/q+1;/p-1/b13-11+;. The first-order chi connectivity index (χ1) is 14.8. The second-order valence-electron chi connectivity index (χ2n) is 8.25. The van der Waals surface area contributed by atoms with E-state index in [0.717, 1.165) is 13.0 Å². The second-order valence-corrected chi connectivity index (χ2v) is 11.4. The summed E-state index contributed by atoms with van der Waals surface area (Å²) >= 11 is 0. The number of nitrogens with one attached hydrogen (secondary N) is 1. The van der Waals surface area contributed by atoms with Gasteiger partial charge in [0.2, 0.25) is 10.0 Å². The first-order valence-corrected chi connectivity index (χ1v) is 15.0. The number of anilines is 1. The molecule has 9 heteroatoms. The van der Waals surface area contributed by atoms with Gasteiger partial charge in [-0.25, -0.2) is 16.8 Å². The zero-order valence-electron chi connectivity index (χ0n) is 20.3. The number of benzene rings is 1. The number of likely N-dealkylation sites (N-methyl/N-ethyl adjacent to an activating group) is 1. The van der Waals surface area contributed by atoms with E-state index in [1.807, 2.05) is 24.3 Å². The summed E-state index contributed by atoms with van der Waals surface area (Å²) in [5.74, 6) is 0. The number of rotatable bonds is 14. The minimum absolute atomic E-state index is 0.604. The molecule has 0 amide bonds. The van der Waals surface area contributed by atoms with Crippen molar-refractivity contribution < 1.29 is 25.9 Å². The van der Waals surface area contributed by atoms with Gasteiger partial charge in [-0.3, -0.25) is 4.72 Å². The summed E-state index contributed by atoms with van der Waals surface area (Å²) in [4.78, 5) is 0. The quantitative estimate of drug-likeness (QED) is 0.183. The van der Waals surface area contributed by atoms with E-state index in [2.05, 4.69) is 37.6 Å². The molecule has 0 spiro atoms. The maximum Gasteiger partial charge on any atom is 0.229 e. The van der Waals surface area contributed by atoms with E-state index in [0.29, 0.717) is 11.9 Å². The topological polar surface area (TPSA) is 103 Å². The first kappa shape index (κ1) is 30.6. The van der Waals surface area contributed by atoms with Crippen molar-refractivity contribution in [2.24, 2.45) is 0 Å². The van der Waals surface area contributed by atoms with Crippen LogP contribution in [0.3, 0.4) is 0 Å². The predicted octanol–water partition coefficient (Wildman–Crippen LogP) is 4.15. The van der Waals surface area contributed by atoms with Crippen LogP contribution in [0.15, 0.2) is 36.4 Å². The number of hydrogen-bond acceptors (Lipinski definition) is 5. The van der Waals surface area contributed by atoms with E-state index in [-0.39, 0.29) is 0 Å². The average molecular weight is 491 g/mol. The van der Waals surface area contributed by atoms with Crippen LogP contribution in [0, 0.1) is 0 Å². The zero-order chi connectivity index (χ0) is 24.7. The molecule has 7 nitrogen and oxygen atoms in total. The van der Waals surface area contributed by atoms with Crippen LogP contribution >= 0.6 is 0 Å². The van der Waals surface area contributed by atoms with Crippen LogP contribution < -0.4 is 4.72 Å². The Morgan fingerprint density at radius 1 is 0.875 bits per heavy atom. The van der Waals surface area contributed by atoms with Crippen LogP contribution in [-0.4, -0.2) is 64.6 Å². The fourth-order valence-corrected chi connectivity index (χ4v) is 3.94. The Kier molecular flexibility index (Phi) is 14.7. The summed E-state index contributed by atoms with van der Waals surface area (Å²) in [6.45, 7) is 11.6. The van der Waals surface area contributed by atoms with Gasteiger partial charge >= 0.3 is 0 Å². The molecule has 0 saturated carbocycles. The van der Waals surface area contributed by atoms with E-state index in [4.69, 9.17) is 13.0 Å². The molecule has 0 aliphatic rings. The summed E-state index contributed by atoms with van der Waals surface area (Å²) in [6.07, 6.45) is 13.9. The van der Waals surface area contributed by atoms with Gasteiger partial charge in [-0.05, 0) is 56.9 Å². The SMILES string of the molecule is CCCCCCC[N+](CC)(CC)C/C=C/Cc1ccc(NS(C)(=O)=O)cc1.CS(=O)(=O)[O-]. The molecule has 0 bridgehead atoms. The number of allylic oxidation sites excluding steroid dienone is 1. The number of unbranched alkanes of at least 4 members (excludes halogenated alkanes) is 4. The molecular weight excluding hydrogens is 448 g/mol. The minimum Gasteiger partial charge on any atom is -0.748 e. The highest BCUT2D eigenvalue weighted by Gasteiger charge is 2.20. The van der Waals surface area contributed by atoms with Crippen LogP contribution in [0.5, 0.6) is 0 Å². The van der Waals surface area contributed by atoms with Crippen LogP contribution in [-0.2, 0) is 26.6 Å². The van der Waals surface area contributed by atoms with E-state index >= 15 is 0 Å². The molecule has 1 N–H and O–H groups in total. The number of hydrogen-bond donors (Lipinski definition) is 1. The predicted molar refractivity (Wildman–Crippen MR) is 133 cm³/mol. The molecular formula is C23H42N2O5S2. The molecule has 0 atom stereocenters. The number of sulfonamides is 1. The van der Waals surface area contributed by atoms with E-state index < -0.39 is 20.1 Å². The summed E-state index contributed by atoms with van der Waals surface area (Å²) in [5, 5.41) is 0. The maximum atomic E-state index is 11.3. The maximum absolute atomic E-state index is 11.3. The van der Waals surface area contributed by atoms with Crippen LogP contribution in [0.1, 0.15) is 58.4 Å². The lowest BCUT2D eigenvalue weighted by molar-refractivity contribution is -0.919. The molecule has 0 aromatic heterocycles.